The van der Waals surface area contributed by atoms with Gasteiger partial charge in [-0.2, -0.15) is 4.31 Å². The summed E-state index contributed by atoms with van der Waals surface area (Å²) in [5.74, 6) is 0.0123. The monoisotopic (exact) mass is 501 g/mol. The second-order valence-corrected chi connectivity index (χ2v) is 10.8. The third-order valence-corrected chi connectivity index (χ3v) is 8.08. The van der Waals surface area contributed by atoms with E-state index in [9.17, 15) is 13.5 Å². The number of anilines is 1. The van der Waals surface area contributed by atoms with Gasteiger partial charge >= 0.3 is 0 Å². The zero-order valence-electron chi connectivity index (χ0n) is 18.6. The number of sulfonamides is 1. The topological polar surface area (TPSA) is 123 Å². The van der Waals surface area contributed by atoms with E-state index < -0.39 is 16.1 Å². The van der Waals surface area contributed by atoms with Crippen molar-refractivity contribution in [1.82, 2.24) is 9.21 Å². The molecule has 3 aromatic rings. The zero-order chi connectivity index (χ0) is 24.3. The van der Waals surface area contributed by atoms with Crippen LogP contribution in [0.4, 0.5) is 5.69 Å². The van der Waals surface area contributed by atoms with E-state index >= 15 is 0 Å². The van der Waals surface area contributed by atoms with Crippen molar-refractivity contribution < 1.29 is 13.5 Å². The third-order valence-electron chi connectivity index (χ3n) is 5.95. The van der Waals surface area contributed by atoms with Gasteiger partial charge in [-0.1, -0.05) is 23.7 Å². The normalized spacial score (nSPS) is 16.4. The van der Waals surface area contributed by atoms with E-state index in [1.807, 2.05) is 24.3 Å². The predicted octanol–water partition coefficient (Wildman–Crippen LogP) is 2.56. The Morgan fingerprint density at radius 2 is 1.68 bits per heavy atom. The summed E-state index contributed by atoms with van der Waals surface area (Å²) in [6.45, 7) is 2.64. The summed E-state index contributed by atoms with van der Waals surface area (Å²) in [5.41, 5.74) is 6.94. The maximum absolute atomic E-state index is 13.2. The quantitative estimate of drug-likeness (QED) is 0.278. The van der Waals surface area contributed by atoms with Crippen molar-refractivity contribution in [3.05, 3.63) is 71.2 Å². The molecule has 10 heteroatoms. The first-order valence-corrected chi connectivity index (χ1v) is 12.8. The highest BCUT2D eigenvalue weighted by atomic mass is 35.5. The molecule has 34 heavy (non-hydrogen) atoms. The lowest BCUT2D eigenvalue weighted by Crippen LogP contribution is -2.50. The summed E-state index contributed by atoms with van der Waals surface area (Å²) in [4.78, 5) is 2.34. The van der Waals surface area contributed by atoms with Gasteiger partial charge in [-0.15, -0.1) is 0 Å². The minimum Gasteiger partial charge on any atom is -0.390 e. The SMILES string of the molecule is N=C(N)c1ccc(NCC(O)CN2CCN(S(=O)(=O)c3ccc4cc(Cl)ccc4c3)CC2)cc1. The number of β-amino-alcohol motifs (C(OH)–C–C–N with tert-alkyl or cyclic N) is 1. The molecule has 5 N–H and O–H groups in total. The average Bonchev–Trinajstić information content (AvgIpc) is 2.83. The van der Waals surface area contributed by atoms with Crippen LogP contribution < -0.4 is 11.1 Å². The molecule has 1 saturated heterocycles. The number of fused-ring (bicyclic) bond motifs is 1. The molecule has 1 aliphatic heterocycles. The van der Waals surface area contributed by atoms with Gasteiger partial charge in [-0.05, 0) is 59.3 Å². The maximum atomic E-state index is 13.2. The molecule has 0 bridgehead atoms. The molecule has 8 nitrogen and oxygen atoms in total. The van der Waals surface area contributed by atoms with Crippen molar-refractivity contribution >= 4 is 43.9 Å². The van der Waals surface area contributed by atoms with Gasteiger partial charge < -0.3 is 16.2 Å². The van der Waals surface area contributed by atoms with Crippen LogP contribution in [0.5, 0.6) is 0 Å². The van der Waals surface area contributed by atoms with E-state index in [1.54, 1.807) is 36.4 Å². The van der Waals surface area contributed by atoms with Crippen LogP contribution in [0.15, 0.2) is 65.6 Å². The molecule has 0 aliphatic carbocycles. The summed E-state index contributed by atoms with van der Waals surface area (Å²) in [6.07, 6.45) is -0.608. The number of benzene rings is 3. The Kier molecular flexibility index (Phi) is 7.39. The molecule has 0 amide bonds. The molecule has 4 rings (SSSR count). The number of nitrogen functional groups attached to an aromatic ring is 1. The summed E-state index contributed by atoms with van der Waals surface area (Å²) < 4.78 is 27.8. The largest absolute Gasteiger partial charge is 0.390 e. The Hall–Kier alpha value is -2.69. The van der Waals surface area contributed by atoms with Crippen LogP contribution in [0.25, 0.3) is 10.8 Å². The van der Waals surface area contributed by atoms with E-state index in [0.717, 1.165) is 16.5 Å². The van der Waals surface area contributed by atoms with Gasteiger partial charge in [-0.25, -0.2) is 8.42 Å². The molecule has 1 aliphatic rings. The van der Waals surface area contributed by atoms with E-state index in [-0.39, 0.29) is 10.7 Å². The molecule has 0 saturated carbocycles. The number of nitrogens with two attached hydrogens (primary N) is 1. The number of rotatable bonds is 8. The molecule has 1 heterocycles. The summed E-state index contributed by atoms with van der Waals surface area (Å²) >= 11 is 6.02. The van der Waals surface area contributed by atoms with Gasteiger partial charge in [0.25, 0.3) is 0 Å². The van der Waals surface area contributed by atoms with Crippen molar-refractivity contribution in [3.8, 4) is 0 Å². The maximum Gasteiger partial charge on any atom is 0.243 e. The molecule has 1 unspecified atom stereocenters. The molecule has 0 aromatic heterocycles. The lowest BCUT2D eigenvalue weighted by molar-refractivity contribution is 0.0994. The zero-order valence-corrected chi connectivity index (χ0v) is 20.2. The lowest BCUT2D eigenvalue weighted by Gasteiger charge is -2.35. The van der Waals surface area contributed by atoms with Gasteiger partial charge in [0.05, 0.1) is 11.0 Å². The minimum atomic E-state index is -3.60. The molecule has 180 valence electrons. The molecule has 0 radical (unpaired) electrons. The van der Waals surface area contributed by atoms with Gasteiger partial charge in [0.2, 0.25) is 10.0 Å². The lowest BCUT2D eigenvalue weighted by atomic mass is 10.1. The van der Waals surface area contributed by atoms with Crippen LogP contribution in [0.2, 0.25) is 5.02 Å². The Morgan fingerprint density at radius 3 is 2.35 bits per heavy atom. The Labute approximate surface area is 204 Å². The van der Waals surface area contributed by atoms with E-state index in [1.165, 1.54) is 4.31 Å². The predicted molar refractivity (Wildman–Crippen MR) is 136 cm³/mol. The molecule has 1 fully saturated rings. The fourth-order valence-electron chi connectivity index (χ4n) is 4.02. The number of aliphatic hydroxyl groups excluding tert-OH is 1. The second-order valence-electron chi connectivity index (χ2n) is 8.38. The fourth-order valence-corrected chi connectivity index (χ4v) is 5.66. The van der Waals surface area contributed by atoms with Gasteiger partial charge in [0.15, 0.2) is 0 Å². The first-order valence-electron chi connectivity index (χ1n) is 11.0. The molecule has 1 atom stereocenters. The standard InChI is InChI=1S/C24H28ClN5O3S/c25-20-5-1-19-14-23(8-4-18(19)13-20)34(32,33)30-11-9-29(10-12-30)16-22(31)15-28-21-6-2-17(3-7-21)24(26)27/h1-8,13-14,22,28,31H,9-12,15-16H2,(H3,26,27). The van der Waals surface area contributed by atoms with Crippen molar-refractivity contribution in [3.63, 3.8) is 0 Å². The van der Waals surface area contributed by atoms with Gasteiger partial charge in [0.1, 0.15) is 5.84 Å². The minimum absolute atomic E-state index is 0.0123. The van der Waals surface area contributed by atoms with Crippen LogP contribution in [0.3, 0.4) is 0 Å². The Morgan fingerprint density at radius 1 is 1.03 bits per heavy atom. The molecular weight excluding hydrogens is 474 g/mol. The number of amidine groups is 1. The molecular formula is C24H28ClN5O3S. The van der Waals surface area contributed by atoms with E-state index in [4.69, 9.17) is 22.7 Å². The first-order chi connectivity index (χ1) is 16.2. The van der Waals surface area contributed by atoms with E-state index in [2.05, 4.69) is 10.2 Å². The number of aliphatic hydroxyl groups is 1. The molecule has 0 spiro atoms. The first kappa shape index (κ1) is 24.4. The van der Waals surface area contributed by atoms with Crippen LogP contribution in [0, 0.1) is 5.41 Å². The number of hydrogen-bond donors (Lipinski definition) is 4. The average molecular weight is 502 g/mol. The number of nitrogens with zero attached hydrogens (tertiary/aromatic N) is 2. The Balaban J connectivity index is 1.29. The summed E-state index contributed by atoms with van der Waals surface area (Å²) in [5, 5.41) is 23.4. The van der Waals surface area contributed by atoms with Crippen molar-refractivity contribution in [2.45, 2.75) is 11.0 Å². The number of halogens is 1. The smallest absolute Gasteiger partial charge is 0.243 e. The van der Waals surface area contributed by atoms with Crippen molar-refractivity contribution in [1.29, 1.82) is 5.41 Å². The van der Waals surface area contributed by atoms with Gasteiger partial charge in [0, 0.05) is 55.5 Å². The summed E-state index contributed by atoms with van der Waals surface area (Å²) in [7, 11) is -3.60. The van der Waals surface area contributed by atoms with Crippen LogP contribution in [-0.4, -0.2) is 73.9 Å². The number of piperazine rings is 1. The highest BCUT2D eigenvalue weighted by Crippen LogP contribution is 2.25. The fraction of sp³-hybridized carbons (Fsp3) is 0.292. The highest BCUT2D eigenvalue weighted by molar-refractivity contribution is 7.89. The van der Waals surface area contributed by atoms with Crippen molar-refractivity contribution in [2.75, 3.05) is 44.6 Å². The number of hydrogen-bond acceptors (Lipinski definition) is 6. The highest BCUT2D eigenvalue weighted by Gasteiger charge is 2.29. The van der Waals surface area contributed by atoms with Gasteiger partial charge in [-0.3, -0.25) is 10.3 Å². The molecule has 3 aromatic carbocycles. The Bertz CT molecular complexity index is 1280. The van der Waals surface area contributed by atoms with Crippen LogP contribution >= 0.6 is 11.6 Å². The van der Waals surface area contributed by atoms with Crippen LogP contribution in [-0.2, 0) is 10.0 Å². The number of nitrogens with one attached hydrogen (secondary N) is 2. The summed E-state index contributed by atoms with van der Waals surface area (Å²) in [6, 6.07) is 17.6. The van der Waals surface area contributed by atoms with Crippen LogP contribution in [0.1, 0.15) is 5.56 Å². The van der Waals surface area contributed by atoms with Crippen molar-refractivity contribution in [2.24, 2.45) is 5.73 Å². The third kappa shape index (κ3) is 5.68. The van der Waals surface area contributed by atoms with E-state index in [0.29, 0.717) is 49.9 Å². The second kappa shape index (κ2) is 10.3.